The average molecular weight is 227 g/mol. The summed E-state index contributed by atoms with van der Waals surface area (Å²) in [6.45, 7) is 6.97. The van der Waals surface area contributed by atoms with Crippen molar-refractivity contribution in [1.29, 1.82) is 0 Å². The molecule has 0 aliphatic rings. The Balaban J connectivity index is 3.71. The van der Waals surface area contributed by atoms with Gasteiger partial charge < -0.3 is 10.1 Å². The fourth-order valence-corrected chi connectivity index (χ4v) is 0.888. The number of hydrogen-bond acceptors (Lipinski definition) is 3. The Bertz CT molecular complexity index is 247. The zero-order valence-corrected chi connectivity index (χ0v) is 10.3. The summed E-state index contributed by atoms with van der Waals surface area (Å²) < 4.78 is 4.87. The molecule has 4 nitrogen and oxygen atoms in total. The van der Waals surface area contributed by atoms with Gasteiger partial charge in [-0.15, -0.1) is 0 Å². The molecule has 0 aromatic heterocycles. The molecule has 4 heteroatoms. The Morgan fingerprint density at radius 2 is 2.00 bits per heavy atom. The lowest BCUT2D eigenvalue weighted by molar-refractivity contribution is -0.139. The van der Waals surface area contributed by atoms with E-state index in [1.807, 2.05) is 20.8 Å². The van der Waals surface area contributed by atoms with E-state index in [0.29, 0.717) is 19.1 Å². The van der Waals surface area contributed by atoms with Crippen molar-refractivity contribution in [3.05, 3.63) is 12.2 Å². The predicted octanol–water partition coefficient (Wildman–Crippen LogP) is 1.66. The van der Waals surface area contributed by atoms with Crippen molar-refractivity contribution >= 4 is 11.9 Å². The highest BCUT2D eigenvalue weighted by atomic mass is 16.5. The number of carbonyl (C=O) groups is 2. The van der Waals surface area contributed by atoms with Gasteiger partial charge in [0.25, 0.3) is 0 Å². The predicted molar refractivity (Wildman–Crippen MR) is 62.9 cm³/mol. The fourth-order valence-electron chi connectivity index (χ4n) is 0.888. The van der Waals surface area contributed by atoms with Crippen LogP contribution in [0.4, 0.5) is 0 Å². The van der Waals surface area contributed by atoms with Crippen LogP contribution in [0, 0.1) is 5.92 Å². The van der Waals surface area contributed by atoms with E-state index in [0.717, 1.165) is 18.9 Å². The molecular weight excluding hydrogens is 206 g/mol. The van der Waals surface area contributed by atoms with E-state index in [1.54, 1.807) is 0 Å². The Kier molecular flexibility index (Phi) is 8.21. The summed E-state index contributed by atoms with van der Waals surface area (Å²) in [5.74, 6) is -0.426. The van der Waals surface area contributed by atoms with Crippen LogP contribution in [0.1, 0.15) is 33.6 Å². The Morgan fingerprint density at radius 3 is 2.56 bits per heavy atom. The number of amides is 1. The fraction of sp³-hybridized carbons (Fsp3) is 0.667. The summed E-state index contributed by atoms with van der Waals surface area (Å²) in [6, 6.07) is 0. The van der Waals surface area contributed by atoms with Crippen LogP contribution in [-0.2, 0) is 14.3 Å². The van der Waals surface area contributed by atoms with Gasteiger partial charge in [0.1, 0.15) is 0 Å². The van der Waals surface area contributed by atoms with Gasteiger partial charge in [-0.3, -0.25) is 4.79 Å². The molecule has 0 aliphatic carbocycles. The highest BCUT2D eigenvalue weighted by Crippen LogP contribution is 1.93. The van der Waals surface area contributed by atoms with Crippen LogP contribution in [0.2, 0.25) is 0 Å². The van der Waals surface area contributed by atoms with E-state index < -0.39 is 5.97 Å². The van der Waals surface area contributed by atoms with E-state index >= 15 is 0 Å². The summed E-state index contributed by atoms with van der Waals surface area (Å²) in [5, 5.41) is 2.67. The minimum atomic E-state index is -0.473. The number of nitrogens with one attached hydrogen (secondary N) is 1. The molecule has 0 atom stereocenters. The van der Waals surface area contributed by atoms with Crippen LogP contribution in [0.5, 0.6) is 0 Å². The van der Waals surface area contributed by atoms with E-state index in [-0.39, 0.29) is 5.91 Å². The van der Waals surface area contributed by atoms with Crippen molar-refractivity contribution < 1.29 is 14.3 Å². The molecule has 0 aromatic rings. The highest BCUT2D eigenvalue weighted by Gasteiger charge is 2.01. The van der Waals surface area contributed by atoms with Gasteiger partial charge in [-0.2, -0.15) is 0 Å². The van der Waals surface area contributed by atoms with Crippen LogP contribution in [0.25, 0.3) is 0 Å². The van der Waals surface area contributed by atoms with Crippen LogP contribution >= 0.6 is 0 Å². The molecule has 0 fully saturated rings. The summed E-state index contributed by atoms with van der Waals surface area (Å²) in [6.07, 6.45) is 4.33. The van der Waals surface area contributed by atoms with Gasteiger partial charge in [-0.05, 0) is 12.3 Å². The lowest BCUT2D eigenvalue weighted by atomic mass is 10.2. The molecule has 0 aliphatic heterocycles. The molecule has 0 radical (unpaired) electrons. The summed E-state index contributed by atoms with van der Waals surface area (Å²) in [5.41, 5.74) is 0. The smallest absolute Gasteiger partial charge is 0.330 e. The van der Waals surface area contributed by atoms with E-state index in [1.165, 1.54) is 6.08 Å². The molecule has 0 spiro atoms. The number of rotatable bonds is 7. The topological polar surface area (TPSA) is 55.4 Å². The first-order valence-corrected chi connectivity index (χ1v) is 5.69. The van der Waals surface area contributed by atoms with Gasteiger partial charge in [-0.1, -0.05) is 27.2 Å². The number of ether oxygens (including phenoxy) is 1. The summed E-state index contributed by atoms with van der Waals surface area (Å²) in [7, 11) is 0. The maximum Gasteiger partial charge on any atom is 0.330 e. The molecule has 16 heavy (non-hydrogen) atoms. The van der Waals surface area contributed by atoms with Gasteiger partial charge in [0.2, 0.25) is 5.91 Å². The number of carbonyl (C=O) groups excluding carboxylic acids is 2. The molecule has 0 unspecified atom stereocenters. The van der Waals surface area contributed by atoms with Crippen molar-refractivity contribution in [2.45, 2.75) is 33.6 Å². The monoisotopic (exact) mass is 227 g/mol. The second kappa shape index (κ2) is 8.95. The van der Waals surface area contributed by atoms with Gasteiger partial charge in [0, 0.05) is 18.7 Å². The molecule has 0 saturated heterocycles. The molecule has 0 aromatic carbocycles. The average Bonchev–Trinajstić information content (AvgIpc) is 2.24. The van der Waals surface area contributed by atoms with Crippen molar-refractivity contribution in [2.75, 3.05) is 13.2 Å². The zero-order chi connectivity index (χ0) is 12.4. The minimum absolute atomic E-state index is 0.255. The first-order chi connectivity index (χ1) is 7.56. The molecule has 92 valence electrons. The largest absolute Gasteiger partial charge is 0.462 e. The minimum Gasteiger partial charge on any atom is -0.462 e. The van der Waals surface area contributed by atoms with Crippen molar-refractivity contribution in [2.24, 2.45) is 5.92 Å². The molecule has 0 bridgehead atoms. The third-order valence-electron chi connectivity index (χ3n) is 1.76. The third kappa shape index (κ3) is 9.24. The lowest BCUT2D eigenvalue weighted by Crippen LogP contribution is -2.22. The lowest BCUT2D eigenvalue weighted by Gasteiger charge is -2.03. The second-order valence-corrected chi connectivity index (χ2v) is 4.00. The highest BCUT2D eigenvalue weighted by molar-refractivity contribution is 5.94. The molecular formula is C12H21NO3. The SMILES string of the molecule is CCCCNC(=O)C=CC(=O)OCC(C)C. The Morgan fingerprint density at radius 1 is 1.31 bits per heavy atom. The Hall–Kier alpha value is -1.32. The second-order valence-electron chi connectivity index (χ2n) is 4.00. The number of esters is 1. The molecule has 0 saturated carbocycles. The maximum atomic E-state index is 11.2. The molecule has 1 amide bonds. The first kappa shape index (κ1) is 14.7. The normalized spacial score (nSPS) is 10.8. The standard InChI is InChI=1S/C12H21NO3/c1-4-5-8-13-11(14)6-7-12(15)16-9-10(2)3/h6-7,10H,4-5,8-9H2,1-3H3,(H,13,14). The number of hydrogen-bond donors (Lipinski definition) is 1. The van der Waals surface area contributed by atoms with Crippen molar-refractivity contribution in [3.8, 4) is 0 Å². The van der Waals surface area contributed by atoms with E-state index in [4.69, 9.17) is 4.74 Å². The molecule has 0 heterocycles. The quantitative estimate of drug-likeness (QED) is 0.409. The number of unbranched alkanes of at least 4 members (excludes halogenated alkanes) is 1. The molecule has 1 N–H and O–H groups in total. The van der Waals surface area contributed by atoms with E-state index in [2.05, 4.69) is 5.32 Å². The summed E-state index contributed by atoms with van der Waals surface area (Å²) in [4.78, 5) is 22.2. The van der Waals surface area contributed by atoms with Crippen LogP contribution < -0.4 is 5.32 Å². The first-order valence-electron chi connectivity index (χ1n) is 5.69. The summed E-state index contributed by atoms with van der Waals surface area (Å²) >= 11 is 0. The molecule has 0 rings (SSSR count). The van der Waals surface area contributed by atoms with E-state index in [9.17, 15) is 9.59 Å². The van der Waals surface area contributed by atoms with Gasteiger partial charge >= 0.3 is 5.97 Å². The van der Waals surface area contributed by atoms with Crippen LogP contribution in [-0.4, -0.2) is 25.0 Å². The Labute approximate surface area is 97.1 Å². The van der Waals surface area contributed by atoms with Crippen molar-refractivity contribution in [1.82, 2.24) is 5.32 Å². The van der Waals surface area contributed by atoms with Gasteiger partial charge in [0.15, 0.2) is 0 Å². The van der Waals surface area contributed by atoms with Crippen LogP contribution in [0.15, 0.2) is 12.2 Å². The zero-order valence-electron chi connectivity index (χ0n) is 10.3. The van der Waals surface area contributed by atoms with Crippen molar-refractivity contribution in [3.63, 3.8) is 0 Å². The van der Waals surface area contributed by atoms with Crippen LogP contribution in [0.3, 0.4) is 0 Å². The maximum absolute atomic E-state index is 11.2. The third-order valence-corrected chi connectivity index (χ3v) is 1.76. The van der Waals surface area contributed by atoms with Gasteiger partial charge in [0.05, 0.1) is 6.61 Å². The van der Waals surface area contributed by atoms with Gasteiger partial charge in [-0.25, -0.2) is 4.79 Å².